The molecule has 1 heterocycles. The van der Waals surface area contributed by atoms with Gasteiger partial charge in [0.1, 0.15) is 0 Å². The molecule has 0 bridgehead atoms. The van der Waals surface area contributed by atoms with E-state index in [1.807, 2.05) is 6.08 Å². The van der Waals surface area contributed by atoms with E-state index >= 15 is 0 Å². The summed E-state index contributed by atoms with van der Waals surface area (Å²) in [6, 6.07) is 0.420. The molecule has 3 atom stereocenters. The highest BCUT2D eigenvalue weighted by molar-refractivity contribution is 5.74. The van der Waals surface area contributed by atoms with Crippen LogP contribution in [0.3, 0.4) is 0 Å². The van der Waals surface area contributed by atoms with E-state index in [4.69, 9.17) is 9.47 Å². The first-order valence-corrected chi connectivity index (χ1v) is 6.14. The molecular weight excluding hydrogens is 218 g/mol. The quantitative estimate of drug-likeness (QED) is 0.539. The Morgan fingerprint density at radius 2 is 2.35 bits per heavy atom. The van der Waals surface area contributed by atoms with E-state index in [-0.39, 0.29) is 5.97 Å². The van der Waals surface area contributed by atoms with Gasteiger partial charge in [-0.2, -0.15) is 0 Å². The molecule has 1 aliphatic heterocycles. The molecule has 0 aromatic heterocycles. The molecule has 98 valence electrons. The summed E-state index contributed by atoms with van der Waals surface area (Å²) >= 11 is 0. The molecule has 0 radical (unpaired) electrons. The summed E-state index contributed by atoms with van der Waals surface area (Å²) in [6.45, 7) is 10.2. The molecule has 0 aromatic rings. The van der Waals surface area contributed by atoms with Gasteiger partial charge in [0.05, 0.1) is 13.7 Å². The van der Waals surface area contributed by atoms with Crippen LogP contribution in [0.5, 0.6) is 0 Å². The Hall–Kier alpha value is -0.870. The lowest BCUT2D eigenvalue weighted by molar-refractivity contribution is -0.161. The van der Waals surface area contributed by atoms with E-state index in [0.717, 1.165) is 13.0 Å². The molecule has 17 heavy (non-hydrogen) atoms. The summed E-state index contributed by atoms with van der Waals surface area (Å²) in [6.07, 6.45) is 2.49. The maximum absolute atomic E-state index is 11.4. The van der Waals surface area contributed by atoms with Crippen molar-refractivity contribution in [3.63, 3.8) is 0 Å². The van der Waals surface area contributed by atoms with Gasteiger partial charge in [-0.15, -0.1) is 6.58 Å². The van der Waals surface area contributed by atoms with E-state index < -0.39 is 6.10 Å². The molecule has 0 aromatic carbocycles. The molecule has 0 spiro atoms. The molecule has 1 fully saturated rings. The standard InChI is InChI=1S/C13H23NO3/c1-5-6-10(2)11(3)14-7-8-17-12(9-14)13(15)16-4/h5,10-12H,1,6-9H2,2-4H3/t10-,11+,12-/m0/s1. The number of allylic oxidation sites excluding steroid dienone is 1. The normalized spacial score (nSPS) is 25.0. The van der Waals surface area contributed by atoms with Crippen LogP contribution in [0, 0.1) is 5.92 Å². The largest absolute Gasteiger partial charge is 0.467 e. The van der Waals surface area contributed by atoms with Gasteiger partial charge < -0.3 is 9.47 Å². The number of morpholine rings is 1. The molecule has 0 amide bonds. The van der Waals surface area contributed by atoms with Crippen LogP contribution in [0.4, 0.5) is 0 Å². The van der Waals surface area contributed by atoms with Crippen molar-refractivity contribution in [2.45, 2.75) is 32.4 Å². The number of nitrogens with zero attached hydrogens (tertiary/aromatic N) is 1. The van der Waals surface area contributed by atoms with Crippen molar-refractivity contribution in [3.8, 4) is 0 Å². The Bertz CT molecular complexity index is 267. The van der Waals surface area contributed by atoms with E-state index in [2.05, 4.69) is 25.3 Å². The molecule has 0 N–H and O–H groups in total. The monoisotopic (exact) mass is 241 g/mol. The van der Waals surface area contributed by atoms with Crippen LogP contribution in [0.2, 0.25) is 0 Å². The molecule has 0 saturated carbocycles. The number of hydrogen-bond donors (Lipinski definition) is 0. The SMILES string of the molecule is C=CC[C@H](C)[C@@H](C)N1CCO[C@H](C(=O)OC)C1. The second-order valence-corrected chi connectivity index (χ2v) is 4.62. The zero-order valence-electron chi connectivity index (χ0n) is 11.0. The van der Waals surface area contributed by atoms with Gasteiger partial charge in [-0.05, 0) is 19.3 Å². The summed E-state index contributed by atoms with van der Waals surface area (Å²) in [5.41, 5.74) is 0. The zero-order chi connectivity index (χ0) is 12.8. The molecule has 0 aliphatic carbocycles. The maximum Gasteiger partial charge on any atom is 0.336 e. The minimum absolute atomic E-state index is 0.279. The number of carbonyl (C=O) groups excluding carboxylic acids is 1. The highest BCUT2D eigenvalue weighted by Crippen LogP contribution is 2.18. The molecule has 1 rings (SSSR count). The van der Waals surface area contributed by atoms with Crippen molar-refractivity contribution in [1.82, 2.24) is 4.90 Å². The lowest BCUT2D eigenvalue weighted by Gasteiger charge is -2.38. The predicted octanol–water partition coefficient (Wildman–Crippen LogP) is 1.46. The Kier molecular flexibility index (Phi) is 5.65. The van der Waals surface area contributed by atoms with Crippen LogP contribution >= 0.6 is 0 Å². The number of methoxy groups -OCH3 is 1. The average Bonchev–Trinajstić information content (AvgIpc) is 2.37. The number of carbonyl (C=O) groups is 1. The first-order valence-electron chi connectivity index (χ1n) is 6.14. The first kappa shape index (κ1) is 14.2. The Morgan fingerprint density at radius 1 is 1.65 bits per heavy atom. The highest BCUT2D eigenvalue weighted by atomic mass is 16.6. The van der Waals surface area contributed by atoms with E-state index in [0.29, 0.717) is 25.1 Å². The van der Waals surface area contributed by atoms with Crippen LogP contribution < -0.4 is 0 Å². The van der Waals surface area contributed by atoms with E-state index in [1.165, 1.54) is 7.11 Å². The fraction of sp³-hybridized carbons (Fsp3) is 0.769. The molecular formula is C13H23NO3. The van der Waals surface area contributed by atoms with Crippen molar-refractivity contribution in [3.05, 3.63) is 12.7 Å². The summed E-state index contributed by atoms with van der Waals surface area (Å²) in [5.74, 6) is 0.252. The van der Waals surface area contributed by atoms with Gasteiger partial charge in [0.2, 0.25) is 0 Å². The van der Waals surface area contributed by atoms with Crippen LogP contribution in [0.25, 0.3) is 0 Å². The van der Waals surface area contributed by atoms with Crippen molar-refractivity contribution < 1.29 is 14.3 Å². The van der Waals surface area contributed by atoms with Crippen LogP contribution in [0.1, 0.15) is 20.3 Å². The van der Waals surface area contributed by atoms with Gasteiger partial charge in [0.25, 0.3) is 0 Å². The summed E-state index contributed by atoms with van der Waals surface area (Å²) in [5, 5.41) is 0. The van der Waals surface area contributed by atoms with Crippen molar-refractivity contribution in [2.75, 3.05) is 26.8 Å². The van der Waals surface area contributed by atoms with E-state index in [9.17, 15) is 4.79 Å². The average molecular weight is 241 g/mol. The minimum Gasteiger partial charge on any atom is -0.467 e. The fourth-order valence-electron chi connectivity index (χ4n) is 2.13. The van der Waals surface area contributed by atoms with Crippen molar-refractivity contribution in [2.24, 2.45) is 5.92 Å². The van der Waals surface area contributed by atoms with Gasteiger partial charge in [0.15, 0.2) is 6.10 Å². The van der Waals surface area contributed by atoms with Crippen molar-refractivity contribution in [1.29, 1.82) is 0 Å². The number of esters is 1. The van der Waals surface area contributed by atoms with Gasteiger partial charge in [0, 0.05) is 19.1 Å². The van der Waals surface area contributed by atoms with Crippen LogP contribution in [-0.4, -0.2) is 49.8 Å². The first-order chi connectivity index (χ1) is 8.10. The second-order valence-electron chi connectivity index (χ2n) is 4.62. The Labute approximate surface area is 104 Å². The van der Waals surface area contributed by atoms with Gasteiger partial charge in [-0.25, -0.2) is 4.79 Å². The smallest absolute Gasteiger partial charge is 0.336 e. The minimum atomic E-state index is -0.438. The lowest BCUT2D eigenvalue weighted by Crippen LogP contribution is -2.51. The highest BCUT2D eigenvalue weighted by Gasteiger charge is 2.30. The van der Waals surface area contributed by atoms with Gasteiger partial charge in [-0.3, -0.25) is 4.90 Å². The Morgan fingerprint density at radius 3 is 2.94 bits per heavy atom. The Balaban J connectivity index is 2.53. The number of rotatable bonds is 5. The van der Waals surface area contributed by atoms with Crippen LogP contribution in [-0.2, 0) is 14.3 Å². The van der Waals surface area contributed by atoms with E-state index in [1.54, 1.807) is 0 Å². The summed E-state index contributed by atoms with van der Waals surface area (Å²) in [4.78, 5) is 13.7. The fourth-order valence-corrected chi connectivity index (χ4v) is 2.13. The third kappa shape index (κ3) is 3.82. The molecule has 4 nitrogen and oxygen atoms in total. The molecule has 0 unspecified atom stereocenters. The van der Waals surface area contributed by atoms with Gasteiger partial charge in [-0.1, -0.05) is 13.0 Å². The van der Waals surface area contributed by atoms with Crippen molar-refractivity contribution >= 4 is 5.97 Å². The lowest BCUT2D eigenvalue weighted by atomic mass is 9.97. The summed E-state index contributed by atoms with van der Waals surface area (Å²) in [7, 11) is 1.40. The maximum atomic E-state index is 11.4. The zero-order valence-corrected chi connectivity index (χ0v) is 11.0. The third-order valence-corrected chi connectivity index (χ3v) is 3.50. The number of ether oxygens (including phenoxy) is 2. The molecule has 1 aliphatic rings. The second kappa shape index (κ2) is 6.77. The number of hydrogen-bond acceptors (Lipinski definition) is 4. The third-order valence-electron chi connectivity index (χ3n) is 3.50. The molecule has 1 saturated heterocycles. The van der Waals surface area contributed by atoms with Gasteiger partial charge >= 0.3 is 5.97 Å². The molecule has 4 heteroatoms. The van der Waals surface area contributed by atoms with Crippen LogP contribution in [0.15, 0.2) is 12.7 Å². The topological polar surface area (TPSA) is 38.8 Å². The summed E-state index contributed by atoms with van der Waals surface area (Å²) < 4.78 is 10.1. The predicted molar refractivity (Wildman–Crippen MR) is 66.8 cm³/mol.